The normalized spacial score (nSPS) is 17.0. The Labute approximate surface area is 189 Å². The van der Waals surface area contributed by atoms with Crippen molar-refractivity contribution in [2.45, 2.75) is 33.7 Å². The van der Waals surface area contributed by atoms with E-state index in [4.69, 9.17) is 18.9 Å². The van der Waals surface area contributed by atoms with Crippen molar-refractivity contribution in [3.05, 3.63) is 22.4 Å². The Kier molecular flexibility index (Phi) is 6.43. The van der Waals surface area contributed by atoms with E-state index in [2.05, 4.69) is 0 Å². The SMILES string of the molecule is COc1c(C)c(OC(C)=O)c2c(c1OC(C)=O)C(COC(C)=O)N1C(=O)CN(C)C(=O)C1=C2. The minimum Gasteiger partial charge on any atom is -0.492 e. The largest absolute Gasteiger partial charge is 0.492 e. The molecular weight excluding hydrogens is 436 g/mol. The van der Waals surface area contributed by atoms with E-state index in [1.807, 2.05) is 0 Å². The fraction of sp³-hybridized carbons (Fsp3) is 0.409. The summed E-state index contributed by atoms with van der Waals surface area (Å²) in [6.07, 6.45) is 1.40. The highest BCUT2D eigenvalue weighted by molar-refractivity contribution is 6.07. The number of hydrogen-bond donors (Lipinski definition) is 0. The van der Waals surface area contributed by atoms with Crippen molar-refractivity contribution >= 4 is 35.8 Å². The van der Waals surface area contributed by atoms with Crippen molar-refractivity contribution in [1.29, 1.82) is 0 Å². The van der Waals surface area contributed by atoms with Crippen LogP contribution in [0.1, 0.15) is 43.5 Å². The summed E-state index contributed by atoms with van der Waals surface area (Å²) in [5.41, 5.74) is 0.784. The van der Waals surface area contributed by atoms with Gasteiger partial charge in [0.2, 0.25) is 5.91 Å². The smallest absolute Gasteiger partial charge is 0.308 e. The Hall–Kier alpha value is -3.89. The number of benzene rings is 1. The molecule has 2 amide bonds. The molecule has 1 aromatic rings. The lowest BCUT2D eigenvalue weighted by molar-refractivity contribution is -0.150. The van der Waals surface area contributed by atoms with Crippen LogP contribution < -0.4 is 14.2 Å². The number of methoxy groups -OCH3 is 1. The van der Waals surface area contributed by atoms with E-state index in [0.29, 0.717) is 5.56 Å². The van der Waals surface area contributed by atoms with E-state index in [1.54, 1.807) is 6.92 Å². The van der Waals surface area contributed by atoms with Crippen LogP contribution in [0.2, 0.25) is 0 Å². The molecule has 2 aliphatic rings. The first kappa shape index (κ1) is 23.8. The lowest BCUT2D eigenvalue weighted by atomic mass is 9.88. The molecule has 33 heavy (non-hydrogen) atoms. The molecule has 1 unspecified atom stereocenters. The van der Waals surface area contributed by atoms with Gasteiger partial charge in [-0.25, -0.2) is 0 Å². The molecule has 0 bridgehead atoms. The standard InChI is InChI=1S/C22H24N2O9/c1-10-19(32-12(3)26)14-7-15-22(29)23(5)8-17(28)24(15)16(9-31-11(2)25)18(14)21(20(10)30-6)33-13(4)27/h7,16H,8-9H2,1-6H3. The predicted molar refractivity (Wildman–Crippen MR) is 112 cm³/mol. The molecule has 0 spiro atoms. The van der Waals surface area contributed by atoms with Crippen LogP contribution in [0.25, 0.3) is 6.08 Å². The van der Waals surface area contributed by atoms with Gasteiger partial charge in [-0.1, -0.05) is 0 Å². The van der Waals surface area contributed by atoms with Crippen LogP contribution >= 0.6 is 0 Å². The molecule has 1 atom stereocenters. The zero-order chi connectivity index (χ0) is 24.6. The molecule has 11 heteroatoms. The number of carbonyl (C=O) groups is 5. The Balaban J connectivity index is 2.43. The first-order valence-electron chi connectivity index (χ1n) is 10.0. The van der Waals surface area contributed by atoms with E-state index in [1.165, 1.54) is 50.8 Å². The third kappa shape index (κ3) is 4.26. The number of likely N-dealkylation sites (N-methyl/N-ethyl adjacent to an activating group) is 1. The summed E-state index contributed by atoms with van der Waals surface area (Å²) in [6.45, 7) is 4.64. The Morgan fingerprint density at radius 2 is 1.61 bits per heavy atom. The van der Waals surface area contributed by atoms with Gasteiger partial charge in [0, 0.05) is 44.5 Å². The van der Waals surface area contributed by atoms with E-state index in [0.717, 1.165) is 0 Å². The van der Waals surface area contributed by atoms with Crippen molar-refractivity contribution in [3.8, 4) is 17.2 Å². The van der Waals surface area contributed by atoms with Crippen LogP contribution in [0, 0.1) is 6.92 Å². The number of esters is 3. The minimum atomic E-state index is -1.05. The maximum atomic E-state index is 13.0. The summed E-state index contributed by atoms with van der Waals surface area (Å²) in [5, 5.41) is 0. The average Bonchev–Trinajstić information content (AvgIpc) is 2.71. The first-order valence-corrected chi connectivity index (χ1v) is 10.0. The van der Waals surface area contributed by atoms with Gasteiger partial charge in [-0.05, 0) is 13.0 Å². The molecular formula is C22H24N2O9. The summed E-state index contributed by atoms with van der Waals surface area (Å²) >= 11 is 0. The van der Waals surface area contributed by atoms with E-state index in [-0.39, 0.29) is 47.2 Å². The van der Waals surface area contributed by atoms with Crippen LogP contribution in [-0.4, -0.2) is 66.8 Å². The number of carbonyl (C=O) groups excluding carboxylic acids is 5. The Bertz CT molecular complexity index is 1110. The van der Waals surface area contributed by atoms with Crippen LogP contribution in [-0.2, 0) is 28.7 Å². The lowest BCUT2D eigenvalue weighted by Crippen LogP contribution is -2.53. The topological polar surface area (TPSA) is 129 Å². The molecule has 0 aromatic heterocycles. The summed E-state index contributed by atoms with van der Waals surface area (Å²) in [4.78, 5) is 63.8. The molecule has 0 aliphatic carbocycles. The molecule has 2 aliphatic heterocycles. The molecule has 176 valence electrons. The maximum Gasteiger partial charge on any atom is 0.308 e. The highest BCUT2D eigenvalue weighted by Crippen LogP contribution is 2.52. The van der Waals surface area contributed by atoms with Gasteiger partial charge in [-0.3, -0.25) is 28.9 Å². The first-order chi connectivity index (χ1) is 15.5. The number of piperazine rings is 1. The average molecular weight is 460 g/mol. The molecule has 0 radical (unpaired) electrons. The quantitative estimate of drug-likeness (QED) is 0.469. The third-order valence-electron chi connectivity index (χ3n) is 5.20. The van der Waals surface area contributed by atoms with Gasteiger partial charge in [0.15, 0.2) is 11.5 Å². The highest BCUT2D eigenvalue weighted by Gasteiger charge is 2.45. The third-order valence-corrected chi connectivity index (χ3v) is 5.20. The Morgan fingerprint density at radius 3 is 2.15 bits per heavy atom. The second-order valence-corrected chi connectivity index (χ2v) is 7.60. The monoisotopic (exact) mass is 460 g/mol. The van der Waals surface area contributed by atoms with Gasteiger partial charge in [-0.15, -0.1) is 0 Å². The van der Waals surface area contributed by atoms with Crippen LogP contribution in [0.15, 0.2) is 5.70 Å². The predicted octanol–water partition coefficient (Wildman–Crippen LogP) is 1.11. The van der Waals surface area contributed by atoms with Crippen LogP contribution in [0.5, 0.6) is 17.2 Å². The fourth-order valence-corrected chi connectivity index (χ4v) is 3.96. The highest BCUT2D eigenvalue weighted by atomic mass is 16.6. The van der Waals surface area contributed by atoms with Gasteiger partial charge >= 0.3 is 17.9 Å². The number of ether oxygens (including phenoxy) is 4. The molecule has 2 heterocycles. The molecule has 0 N–H and O–H groups in total. The Morgan fingerprint density at radius 1 is 1.00 bits per heavy atom. The van der Waals surface area contributed by atoms with Crippen molar-refractivity contribution in [2.75, 3.05) is 27.3 Å². The van der Waals surface area contributed by atoms with E-state index >= 15 is 0 Å². The van der Waals surface area contributed by atoms with Gasteiger partial charge in [-0.2, -0.15) is 0 Å². The summed E-state index contributed by atoms with van der Waals surface area (Å²) in [5.74, 6) is -2.68. The zero-order valence-corrected chi connectivity index (χ0v) is 19.1. The summed E-state index contributed by atoms with van der Waals surface area (Å²) in [6, 6.07) is -1.05. The second-order valence-electron chi connectivity index (χ2n) is 7.60. The van der Waals surface area contributed by atoms with Gasteiger partial charge in [0.05, 0.1) is 7.11 Å². The van der Waals surface area contributed by atoms with Crippen LogP contribution in [0.4, 0.5) is 0 Å². The van der Waals surface area contributed by atoms with Gasteiger partial charge < -0.3 is 23.8 Å². The molecule has 1 saturated heterocycles. The van der Waals surface area contributed by atoms with Crippen LogP contribution in [0.3, 0.4) is 0 Å². The second kappa shape index (κ2) is 8.93. The van der Waals surface area contributed by atoms with Gasteiger partial charge in [0.1, 0.15) is 30.6 Å². The van der Waals surface area contributed by atoms with E-state index in [9.17, 15) is 24.0 Å². The summed E-state index contributed by atoms with van der Waals surface area (Å²) in [7, 11) is 2.82. The van der Waals surface area contributed by atoms with Crippen molar-refractivity contribution in [3.63, 3.8) is 0 Å². The summed E-state index contributed by atoms with van der Waals surface area (Å²) < 4.78 is 21.6. The van der Waals surface area contributed by atoms with Gasteiger partial charge in [0.25, 0.3) is 5.91 Å². The lowest BCUT2D eigenvalue weighted by Gasteiger charge is -2.42. The van der Waals surface area contributed by atoms with Crippen molar-refractivity contribution < 1.29 is 42.9 Å². The molecule has 11 nitrogen and oxygen atoms in total. The minimum absolute atomic E-state index is 0.00476. The molecule has 1 fully saturated rings. The number of fused-ring (bicyclic) bond motifs is 2. The van der Waals surface area contributed by atoms with Crippen molar-refractivity contribution in [2.24, 2.45) is 0 Å². The molecule has 0 saturated carbocycles. The van der Waals surface area contributed by atoms with E-state index < -0.39 is 35.8 Å². The maximum absolute atomic E-state index is 13.0. The number of hydrogen-bond acceptors (Lipinski definition) is 9. The fourth-order valence-electron chi connectivity index (χ4n) is 3.96. The number of nitrogens with zero attached hydrogens (tertiary/aromatic N) is 2. The number of rotatable bonds is 5. The number of amides is 2. The molecule has 1 aromatic carbocycles. The molecule has 3 rings (SSSR count). The zero-order valence-electron chi connectivity index (χ0n) is 19.1. The van der Waals surface area contributed by atoms with Crippen molar-refractivity contribution in [1.82, 2.24) is 9.80 Å².